The van der Waals surface area contributed by atoms with Crippen LogP contribution in [-0.2, 0) is 0 Å². The summed E-state index contributed by atoms with van der Waals surface area (Å²) in [6.45, 7) is 8.66. The highest BCUT2D eigenvalue weighted by Gasteiger charge is 2.06. The lowest BCUT2D eigenvalue weighted by molar-refractivity contribution is 0.527. The molecule has 1 N–H and O–H groups in total. The molecule has 1 rings (SSSR count). The molecular weight excluding hydrogens is 212 g/mol. The normalized spacial score (nSPS) is 12.5. The van der Waals surface area contributed by atoms with Gasteiger partial charge in [-0.15, -0.1) is 4.91 Å². The van der Waals surface area contributed by atoms with Crippen LogP contribution in [0.4, 0.5) is 11.4 Å². The third-order valence-electron chi connectivity index (χ3n) is 2.89. The van der Waals surface area contributed by atoms with Crippen molar-refractivity contribution in [2.24, 2.45) is 11.1 Å². The van der Waals surface area contributed by atoms with Crippen LogP contribution in [-0.4, -0.2) is 6.04 Å². The molecule has 1 unspecified atom stereocenters. The highest BCUT2D eigenvalue weighted by molar-refractivity contribution is 5.57. The second kappa shape index (κ2) is 6.38. The van der Waals surface area contributed by atoms with Crippen molar-refractivity contribution in [3.8, 4) is 0 Å². The fourth-order valence-electron chi connectivity index (χ4n) is 1.79. The van der Waals surface area contributed by atoms with E-state index < -0.39 is 0 Å². The molecule has 1 aromatic carbocycles. The molecule has 3 heteroatoms. The molecule has 0 fully saturated rings. The van der Waals surface area contributed by atoms with Gasteiger partial charge in [0.05, 0.1) is 0 Å². The van der Waals surface area contributed by atoms with Crippen LogP contribution in [0.15, 0.2) is 23.4 Å². The first-order chi connectivity index (χ1) is 8.02. The molecule has 0 amide bonds. The van der Waals surface area contributed by atoms with Gasteiger partial charge in [0.15, 0.2) is 0 Å². The maximum Gasteiger partial charge on any atom is 0.108 e. The van der Waals surface area contributed by atoms with Crippen LogP contribution in [0.2, 0.25) is 0 Å². The van der Waals surface area contributed by atoms with Crippen LogP contribution in [0.1, 0.15) is 39.2 Å². The first kappa shape index (κ1) is 13.7. The average Bonchev–Trinajstić information content (AvgIpc) is 2.29. The largest absolute Gasteiger partial charge is 0.382 e. The van der Waals surface area contributed by atoms with E-state index in [0.29, 0.717) is 11.7 Å². The standard InChI is InChI=1S/C14H22N2O/c1-10(2)5-6-12(4)15-14-8-7-13(16-17)9-11(14)3/h7-10,12,15H,5-6H2,1-4H3. The summed E-state index contributed by atoms with van der Waals surface area (Å²) in [6.07, 6.45) is 2.38. The number of rotatable bonds is 6. The number of nitroso groups, excluding NO2 is 1. The van der Waals surface area contributed by atoms with Crippen molar-refractivity contribution < 1.29 is 0 Å². The average molecular weight is 234 g/mol. The van der Waals surface area contributed by atoms with Crippen LogP contribution < -0.4 is 5.32 Å². The summed E-state index contributed by atoms with van der Waals surface area (Å²) in [5.74, 6) is 0.738. The Bertz CT molecular complexity index is 374. The van der Waals surface area contributed by atoms with Crippen LogP contribution in [0.5, 0.6) is 0 Å². The lowest BCUT2D eigenvalue weighted by Crippen LogP contribution is -2.16. The van der Waals surface area contributed by atoms with E-state index in [2.05, 4.69) is 31.3 Å². The molecule has 0 aromatic heterocycles. The third kappa shape index (κ3) is 4.55. The minimum absolute atomic E-state index is 0.450. The van der Waals surface area contributed by atoms with Gasteiger partial charge in [0.1, 0.15) is 5.69 Å². The maximum atomic E-state index is 10.4. The predicted octanol–water partition coefficient (Wildman–Crippen LogP) is 4.63. The summed E-state index contributed by atoms with van der Waals surface area (Å²) < 4.78 is 0. The van der Waals surface area contributed by atoms with Gasteiger partial charge in [0.25, 0.3) is 0 Å². The molecule has 0 radical (unpaired) electrons. The van der Waals surface area contributed by atoms with E-state index >= 15 is 0 Å². The molecule has 17 heavy (non-hydrogen) atoms. The number of nitrogens with zero attached hydrogens (tertiary/aromatic N) is 1. The molecule has 3 nitrogen and oxygen atoms in total. The molecular formula is C14H22N2O. The van der Waals surface area contributed by atoms with Gasteiger partial charge in [0.2, 0.25) is 0 Å². The van der Waals surface area contributed by atoms with E-state index in [9.17, 15) is 4.91 Å². The maximum absolute atomic E-state index is 10.4. The topological polar surface area (TPSA) is 41.5 Å². The Morgan fingerprint density at radius 1 is 1.24 bits per heavy atom. The molecule has 0 saturated carbocycles. The molecule has 0 heterocycles. The number of benzene rings is 1. The molecule has 0 aliphatic carbocycles. The van der Waals surface area contributed by atoms with E-state index in [0.717, 1.165) is 23.6 Å². The smallest absolute Gasteiger partial charge is 0.108 e. The van der Waals surface area contributed by atoms with E-state index in [1.54, 1.807) is 6.07 Å². The lowest BCUT2D eigenvalue weighted by atomic mass is 10.0. The molecule has 0 bridgehead atoms. The van der Waals surface area contributed by atoms with Crippen molar-refractivity contribution in [2.75, 3.05) is 5.32 Å². The van der Waals surface area contributed by atoms with E-state index in [4.69, 9.17) is 0 Å². The van der Waals surface area contributed by atoms with Crippen molar-refractivity contribution in [2.45, 2.75) is 46.6 Å². The highest BCUT2D eigenvalue weighted by atomic mass is 16.3. The summed E-state index contributed by atoms with van der Waals surface area (Å²) >= 11 is 0. The van der Waals surface area contributed by atoms with Gasteiger partial charge in [0, 0.05) is 11.7 Å². The van der Waals surface area contributed by atoms with Crippen molar-refractivity contribution in [3.63, 3.8) is 0 Å². The number of nitrogens with one attached hydrogen (secondary N) is 1. The molecule has 94 valence electrons. The Labute approximate surface area is 104 Å². The van der Waals surface area contributed by atoms with E-state index in [1.165, 1.54) is 6.42 Å². The Morgan fingerprint density at radius 2 is 1.94 bits per heavy atom. The van der Waals surface area contributed by atoms with Gasteiger partial charge < -0.3 is 5.32 Å². The lowest BCUT2D eigenvalue weighted by Gasteiger charge is -2.18. The molecule has 0 saturated heterocycles. The van der Waals surface area contributed by atoms with Crippen molar-refractivity contribution in [1.82, 2.24) is 0 Å². The summed E-state index contributed by atoms with van der Waals surface area (Å²) in [7, 11) is 0. The number of hydrogen-bond acceptors (Lipinski definition) is 3. The van der Waals surface area contributed by atoms with E-state index in [1.807, 2.05) is 19.1 Å². The van der Waals surface area contributed by atoms with Crippen LogP contribution >= 0.6 is 0 Å². The number of anilines is 1. The molecule has 0 spiro atoms. The first-order valence-corrected chi connectivity index (χ1v) is 6.23. The van der Waals surface area contributed by atoms with Crippen molar-refractivity contribution in [1.29, 1.82) is 0 Å². The van der Waals surface area contributed by atoms with Gasteiger partial charge >= 0.3 is 0 Å². The Hall–Kier alpha value is -1.38. The molecule has 1 atom stereocenters. The van der Waals surface area contributed by atoms with Gasteiger partial charge in [-0.25, -0.2) is 0 Å². The van der Waals surface area contributed by atoms with Gasteiger partial charge in [-0.05, 0) is 61.5 Å². The van der Waals surface area contributed by atoms with Gasteiger partial charge in [-0.1, -0.05) is 13.8 Å². The fraction of sp³-hybridized carbons (Fsp3) is 0.571. The monoisotopic (exact) mass is 234 g/mol. The zero-order valence-corrected chi connectivity index (χ0v) is 11.2. The van der Waals surface area contributed by atoms with Crippen LogP contribution in [0.3, 0.4) is 0 Å². The van der Waals surface area contributed by atoms with Crippen LogP contribution in [0.25, 0.3) is 0 Å². The Balaban J connectivity index is 2.59. The third-order valence-corrected chi connectivity index (χ3v) is 2.89. The minimum atomic E-state index is 0.450. The highest BCUT2D eigenvalue weighted by Crippen LogP contribution is 2.22. The van der Waals surface area contributed by atoms with Crippen molar-refractivity contribution in [3.05, 3.63) is 28.7 Å². The number of aryl methyl sites for hydroxylation is 1. The second-order valence-electron chi connectivity index (χ2n) is 5.11. The summed E-state index contributed by atoms with van der Waals surface area (Å²) in [4.78, 5) is 10.4. The molecule has 0 aliphatic heterocycles. The molecule has 1 aromatic rings. The van der Waals surface area contributed by atoms with Crippen molar-refractivity contribution >= 4 is 11.4 Å². The summed E-state index contributed by atoms with van der Waals surface area (Å²) in [6, 6.07) is 5.94. The fourth-order valence-corrected chi connectivity index (χ4v) is 1.79. The van der Waals surface area contributed by atoms with Gasteiger partial charge in [-0.2, -0.15) is 0 Å². The first-order valence-electron chi connectivity index (χ1n) is 6.23. The van der Waals surface area contributed by atoms with Crippen LogP contribution in [0, 0.1) is 17.7 Å². The summed E-state index contributed by atoms with van der Waals surface area (Å²) in [5.41, 5.74) is 2.65. The Kier molecular flexibility index (Phi) is 5.13. The zero-order valence-electron chi connectivity index (χ0n) is 11.2. The summed E-state index contributed by atoms with van der Waals surface area (Å²) in [5, 5.41) is 6.41. The molecule has 0 aliphatic rings. The second-order valence-corrected chi connectivity index (χ2v) is 5.11. The number of hydrogen-bond donors (Lipinski definition) is 1. The predicted molar refractivity (Wildman–Crippen MR) is 73.8 cm³/mol. The quantitative estimate of drug-likeness (QED) is 0.729. The Morgan fingerprint density at radius 3 is 2.47 bits per heavy atom. The van der Waals surface area contributed by atoms with E-state index in [-0.39, 0.29) is 0 Å². The zero-order chi connectivity index (χ0) is 12.8. The SMILES string of the molecule is Cc1cc(N=O)ccc1NC(C)CCC(C)C. The minimum Gasteiger partial charge on any atom is -0.382 e. The van der Waals surface area contributed by atoms with Gasteiger partial charge in [-0.3, -0.25) is 0 Å².